The first-order valence-corrected chi connectivity index (χ1v) is 30.0. The monoisotopic (exact) mass is 1130 g/mol. The van der Waals surface area contributed by atoms with E-state index in [0.29, 0.717) is 44.1 Å². The minimum atomic E-state index is -2.90. The van der Waals surface area contributed by atoms with Crippen LogP contribution in [0.2, 0.25) is 0 Å². The molecule has 0 saturated heterocycles. The predicted octanol–water partition coefficient (Wildman–Crippen LogP) is 3.73. The summed E-state index contributed by atoms with van der Waals surface area (Å²) in [4.78, 5) is 0. The van der Waals surface area contributed by atoms with Gasteiger partial charge in [-0.1, -0.05) is 0 Å². The SMILES string of the molecule is COc1ccc2c(c1)CO[Se]21OCc2cc(OC)ccc21.COc1ccc2c(c1)CO[Se]2=O.Fc1ccc2c(c1)CO[Se]21OCc2cc(F)ccc21.O=[Se]1OCc2cc(F)ccc21. The van der Waals surface area contributed by atoms with E-state index in [-0.39, 0.29) is 17.5 Å². The Morgan fingerprint density at radius 1 is 0.413 bits per heavy atom. The second kappa shape index (κ2) is 18.4. The molecular formula is C45H39F3O11Se4. The van der Waals surface area contributed by atoms with Crippen LogP contribution in [-0.2, 0) is 70.2 Å². The molecule has 0 bridgehead atoms. The fourth-order valence-electron chi connectivity index (χ4n) is 7.50. The summed E-state index contributed by atoms with van der Waals surface area (Å²) in [5, 5.41) is 0. The Hall–Kier alpha value is -4.05. The Morgan fingerprint density at radius 2 is 0.714 bits per heavy atom. The van der Waals surface area contributed by atoms with Crippen LogP contribution in [0.15, 0.2) is 109 Å². The van der Waals surface area contributed by atoms with Crippen molar-refractivity contribution in [1.29, 1.82) is 0 Å². The summed E-state index contributed by atoms with van der Waals surface area (Å²) < 4.78 is 117. The van der Waals surface area contributed by atoms with Gasteiger partial charge in [-0.15, -0.1) is 0 Å². The summed E-state index contributed by atoms with van der Waals surface area (Å²) >= 11 is -10.0. The van der Waals surface area contributed by atoms with E-state index in [1.165, 1.54) is 62.5 Å². The van der Waals surface area contributed by atoms with Crippen LogP contribution in [0.4, 0.5) is 13.2 Å². The molecule has 6 aliphatic heterocycles. The van der Waals surface area contributed by atoms with E-state index in [2.05, 4.69) is 12.1 Å². The molecule has 2 unspecified atom stereocenters. The maximum atomic E-state index is 13.3. The van der Waals surface area contributed by atoms with Crippen LogP contribution < -0.4 is 41.0 Å². The zero-order chi connectivity index (χ0) is 43.9. The minimum absolute atomic E-state index is 0.270. The van der Waals surface area contributed by atoms with Gasteiger partial charge in [0.1, 0.15) is 0 Å². The average molecular weight is 1130 g/mol. The number of halogens is 3. The van der Waals surface area contributed by atoms with Crippen molar-refractivity contribution >= 4 is 82.1 Å². The molecule has 18 heteroatoms. The Bertz CT molecular complexity index is 2670. The van der Waals surface area contributed by atoms with Crippen molar-refractivity contribution in [2.24, 2.45) is 0 Å². The fraction of sp³-hybridized carbons (Fsp3) is 0.200. The van der Waals surface area contributed by atoms with Gasteiger partial charge in [0, 0.05) is 0 Å². The summed E-state index contributed by atoms with van der Waals surface area (Å²) in [6, 6.07) is 31.3. The third kappa shape index (κ3) is 8.52. The number of methoxy groups -OCH3 is 3. The molecule has 6 aromatic carbocycles. The van der Waals surface area contributed by atoms with Gasteiger partial charge in [-0.25, -0.2) is 0 Å². The van der Waals surface area contributed by atoms with Crippen molar-refractivity contribution in [3.63, 3.8) is 0 Å². The molecule has 330 valence electrons. The molecule has 12 rings (SSSR count). The number of rotatable bonds is 3. The first-order valence-electron chi connectivity index (χ1n) is 19.2. The molecule has 6 aromatic rings. The zero-order valence-electron chi connectivity index (χ0n) is 33.9. The third-order valence-corrected chi connectivity index (χ3v) is 27.1. The van der Waals surface area contributed by atoms with Gasteiger partial charge in [0.2, 0.25) is 0 Å². The van der Waals surface area contributed by atoms with E-state index < -0.39 is 55.3 Å². The van der Waals surface area contributed by atoms with E-state index in [4.69, 9.17) is 37.1 Å². The van der Waals surface area contributed by atoms with E-state index in [9.17, 15) is 20.8 Å². The second-order valence-electron chi connectivity index (χ2n) is 14.2. The van der Waals surface area contributed by atoms with Crippen LogP contribution in [0.25, 0.3) is 0 Å². The van der Waals surface area contributed by atoms with Gasteiger partial charge in [-0.2, -0.15) is 0 Å². The topological polar surface area (TPSA) is 117 Å². The summed E-state index contributed by atoms with van der Waals surface area (Å²) in [5.74, 6) is 1.67. The first-order chi connectivity index (χ1) is 30.5. The number of ether oxygens (including phenoxy) is 3. The molecule has 6 aliphatic rings. The molecular weight excluding hydrogens is 1090 g/mol. The molecule has 2 atom stereocenters. The van der Waals surface area contributed by atoms with Crippen LogP contribution in [0, 0.1) is 17.5 Å². The molecule has 11 nitrogen and oxygen atoms in total. The zero-order valence-corrected chi connectivity index (χ0v) is 40.7. The molecule has 0 N–H and O–H groups in total. The van der Waals surface area contributed by atoms with Crippen molar-refractivity contribution < 1.29 is 58.0 Å². The van der Waals surface area contributed by atoms with Gasteiger partial charge >= 0.3 is 378 Å². The van der Waals surface area contributed by atoms with Gasteiger partial charge in [0.15, 0.2) is 0 Å². The first kappa shape index (κ1) is 44.2. The van der Waals surface area contributed by atoms with Crippen molar-refractivity contribution in [3.05, 3.63) is 160 Å². The van der Waals surface area contributed by atoms with Crippen molar-refractivity contribution in [2.75, 3.05) is 21.3 Å². The molecule has 0 aliphatic carbocycles. The summed E-state index contributed by atoms with van der Waals surface area (Å²) in [7, 11) is 4.97. The van der Waals surface area contributed by atoms with Crippen LogP contribution >= 0.6 is 0 Å². The van der Waals surface area contributed by atoms with Crippen molar-refractivity contribution in [2.45, 2.75) is 39.6 Å². The van der Waals surface area contributed by atoms with Crippen molar-refractivity contribution in [1.82, 2.24) is 0 Å². The van der Waals surface area contributed by atoms with E-state index >= 15 is 0 Å². The van der Waals surface area contributed by atoms with Crippen LogP contribution in [0.1, 0.15) is 33.4 Å². The summed E-state index contributed by atoms with van der Waals surface area (Å²) in [5.41, 5.74) is 5.77. The fourth-order valence-corrected chi connectivity index (χ4v) is 23.0. The van der Waals surface area contributed by atoms with Gasteiger partial charge in [-0.05, 0) is 0 Å². The molecule has 6 heterocycles. The molecule has 0 amide bonds. The van der Waals surface area contributed by atoms with E-state index in [1.54, 1.807) is 33.5 Å². The summed E-state index contributed by atoms with van der Waals surface area (Å²) in [6.07, 6.45) is 0. The van der Waals surface area contributed by atoms with Crippen molar-refractivity contribution in [3.8, 4) is 17.2 Å². The Kier molecular flexibility index (Phi) is 12.9. The molecule has 0 saturated carbocycles. The van der Waals surface area contributed by atoms with Gasteiger partial charge in [0.25, 0.3) is 0 Å². The Morgan fingerprint density at radius 3 is 1.13 bits per heavy atom. The molecule has 63 heavy (non-hydrogen) atoms. The second-order valence-corrected chi connectivity index (χ2v) is 28.9. The number of benzene rings is 6. The normalized spacial score (nSPS) is 20.2. The molecule has 0 aromatic heterocycles. The van der Waals surface area contributed by atoms with Crippen LogP contribution in [0.3, 0.4) is 0 Å². The van der Waals surface area contributed by atoms with E-state index in [0.717, 1.165) is 52.9 Å². The average Bonchev–Trinajstić information content (AvgIpc) is 4.17. The predicted molar refractivity (Wildman–Crippen MR) is 229 cm³/mol. The van der Waals surface area contributed by atoms with Crippen LogP contribution in [-0.4, -0.2) is 76.7 Å². The Labute approximate surface area is 375 Å². The van der Waals surface area contributed by atoms with Crippen LogP contribution in [0.5, 0.6) is 17.2 Å². The number of hydrogen-bond acceptors (Lipinski definition) is 11. The number of hydrogen-bond donors (Lipinski definition) is 0. The maximum absolute atomic E-state index is 13.3. The molecule has 0 radical (unpaired) electrons. The summed E-state index contributed by atoms with van der Waals surface area (Å²) in [6.45, 7) is 2.67. The van der Waals surface area contributed by atoms with E-state index in [1.807, 2.05) is 42.5 Å². The third-order valence-electron chi connectivity index (χ3n) is 10.6. The number of fused-ring (bicyclic) bond motifs is 10. The Balaban J connectivity index is 0.000000111. The standard InChI is InChI=1S/C16H16O4Se.C14H10F2O2Se.C8H8O3Se.C7H5FO2Se/c1-17-13-3-5-15-11(7-13)9-19-21(15)16-6-4-14(18-2)8-12(16)10-20-21;15-11-1-3-13-9(5-11)7-17-19(13)14-4-2-12(16)6-10(14)8-18-19;1-10-7-2-3-8-6(4-7)5-11-12(8)9;8-6-1-2-7-5(3-6)4-10-11(7)9/h3-8H,9-10H2,1-2H3;1-6H,7-8H2;2-4H,5H2,1H3;1-3H,4H2. The van der Waals surface area contributed by atoms with Gasteiger partial charge in [-0.3, -0.25) is 0 Å². The van der Waals surface area contributed by atoms with Gasteiger partial charge in [0.05, 0.1) is 0 Å². The quantitative estimate of drug-likeness (QED) is 0.242. The molecule has 0 fully saturated rings. The van der Waals surface area contributed by atoms with Gasteiger partial charge < -0.3 is 0 Å². The molecule has 2 spiro atoms.